The van der Waals surface area contributed by atoms with Crippen molar-refractivity contribution >= 4 is 6.09 Å². The van der Waals surface area contributed by atoms with Crippen molar-refractivity contribution in [1.82, 2.24) is 4.90 Å². The molecule has 3 atom stereocenters. The highest BCUT2D eigenvalue weighted by molar-refractivity contribution is 5.70. The van der Waals surface area contributed by atoms with Gasteiger partial charge in [0.25, 0.3) is 0 Å². The van der Waals surface area contributed by atoms with Gasteiger partial charge in [-0.1, -0.05) is 73.5 Å². The van der Waals surface area contributed by atoms with Gasteiger partial charge in [0.15, 0.2) is 0 Å². The van der Waals surface area contributed by atoms with Crippen LogP contribution in [0.4, 0.5) is 4.79 Å². The lowest BCUT2D eigenvalue weighted by atomic mass is 9.64. The summed E-state index contributed by atoms with van der Waals surface area (Å²) < 4.78 is 5.89. The summed E-state index contributed by atoms with van der Waals surface area (Å²) in [4.78, 5) is 15.4. The third-order valence-electron chi connectivity index (χ3n) is 7.02. The van der Waals surface area contributed by atoms with Gasteiger partial charge in [-0.05, 0) is 57.6 Å². The second-order valence-corrected chi connectivity index (χ2v) is 10.5. The summed E-state index contributed by atoms with van der Waals surface area (Å²) in [6.45, 7) is 11.0. The number of hydrogen-bond acceptors (Lipinski definition) is 2. The monoisotopic (exact) mass is 405 g/mol. The molecule has 3 nitrogen and oxygen atoms in total. The normalized spacial score (nSPS) is 27.0. The molecule has 160 valence electrons. The van der Waals surface area contributed by atoms with Crippen molar-refractivity contribution in [3.05, 3.63) is 71.3 Å². The molecule has 0 radical (unpaired) electrons. The number of carbonyl (C=O) groups excluding carboxylic acids is 1. The van der Waals surface area contributed by atoms with E-state index in [0.717, 1.165) is 0 Å². The van der Waals surface area contributed by atoms with Crippen molar-refractivity contribution in [2.45, 2.75) is 76.9 Å². The predicted octanol–water partition coefficient (Wildman–Crippen LogP) is 6.46. The summed E-state index contributed by atoms with van der Waals surface area (Å²) in [7, 11) is 0. The molecule has 1 aliphatic heterocycles. The maximum Gasteiger partial charge on any atom is 0.410 e. The molecule has 30 heavy (non-hydrogen) atoms. The van der Waals surface area contributed by atoms with E-state index in [4.69, 9.17) is 4.74 Å². The molecule has 2 aromatic rings. The first kappa shape index (κ1) is 21.0. The van der Waals surface area contributed by atoms with Gasteiger partial charge >= 0.3 is 6.09 Å². The molecule has 0 spiro atoms. The number of ether oxygens (including phenoxy) is 1. The van der Waals surface area contributed by atoms with Gasteiger partial charge in [-0.25, -0.2) is 4.79 Å². The molecule has 3 heteroatoms. The Kier molecular flexibility index (Phi) is 5.42. The average Bonchev–Trinajstić information content (AvgIpc) is 2.94. The Bertz CT molecular complexity index is 879. The van der Waals surface area contributed by atoms with E-state index in [0.29, 0.717) is 12.5 Å². The highest BCUT2D eigenvalue weighted by atomic mass is 16.6. The van der Waals surface area contributed by atoms with Crippen LogP contribution in [0, 0.1) is 12.8 Å². The van der Waals surface area contributed by atoms with Gasteiger partial charge < -0.3 is 9.64 Å². The maximum absolute atomic E-state index is 13.4. The lowest BCUT2D eigenvalue weighted by Gasteiger charge is -2.41. The maximum atomic E-state index is 13.4. The highest BCUT2D eigenvalue weighted by Crippen LogP contribution is 2.54. The molecule has 1 aliphatic carbocycles. The van der Waals surface area contributed by atoms with E-state index in [-0.39, 0.29) is 23.5 Å². The predicted molar refractivity (Wildman–Crippen MR) is 122 cm³/mol. The van der Waals surface area contributed by atoms with E-state index in [1.54, 1.807) is 0 Å². The second-order valence-electron chi connectivity index (χ2n) is 10.5. The number of hydrogen-bond donors (Lipinski definition) is 0. The van der Waals surface area contributed by atoms with Crippen LogP contribution in [-0.2, 0) is 10.2 Å². The summed E-state index contributed by atoms with van der Waals surface area (Å²) in [5.41, 5.74) is 3.23. The van der Waals surface area contributed by atoms with Crippen LogP contribution in [-0.4, -0.2) is 29.2 Å². The van der Waals surface area contributed by atoms with Crippen LogP contribution in [0.1, 0.15) is 69.6 Å². The zero-order chi connectivity index (χ0) is 21.5. The molecule has 1 unspecified atom stereocenters. The molecule has 0 bridgehead atoms. The van der Waals surface area contributed by atoms with E-state index in [1.807, 2.05) is 20.8 Å². The molecular weight excluding hydrogens is 370 g/mol. The van der Waals surface area contributed by atoms with Gasteiger partial charge in [-0.3, -0.25) is 0 Å². The molecule has 1 heterocycles. The zero-order valence-electron chi connectivity index (χ0n) is 19.0. The number of aryl methyl sites for hydroxylation is 1. The first-order valence-corrected chi connectivity index (χ1v) is 11.3. The molecule has 2 fully saturated rings. The van der Waals surface area contributed by atoms with Crippen LogP contribution in [0.2, 0.25) is 0 Å². The topological polar surface area (TPSA) is 29.5 Å². The summed E-state index contributed by atoms with van der Waals surface area (Å²) in [5.74, 6) is 0.786. The van der Waals surface area contributed by atoms with Gasteiger partial charge in [-0.15, -0.1) is 0 Å². The minimum Gasteiger partial charge on any atom is -0.444 e. The largest absolute Gasteiger partial charge is 0.444 e. The minimum absolute atomic E-state index is 0.161. The molecule has 2 aliphatic rings. The quantitative estimate of drug-likeness (QED) is 0.587. The van der Waals surface area contributed by atoms with E-state index in [1.165, 1.54) is 36.0 Å². The highest BCUT2D eigenvalue weighted by Gasteiger charge is 2.56. The van der Waals surface area contributed by atoms with Crippen LogP contribution in [0.15, 0.2) is 54.6 Å². The Morgan fingerprint density at radius 3 is 2.20 bits per heavy atom. The Labute approximate surface area is 181 Å². The molecule has 2 aromatic carbocycles. The van der Waals surface area contributed by atoms with Crippen molar-refractivity contribution in [3.63, 3.8) is 0 Å². The van der Waals surface area contributed by atoms with E-state index in [9.17, 15) is 4.79 Å². The number of likely N-dealkylation sites (tertiary alicyclic amines) is 1. The summed E-state index contributed by atoms with van der Waals surface area (Å²) >= 11 is 0. The van der Waals surface area contributed by atoms with Crippen LogP contribution >= 0.6 is 0 Å². The molecule has 4 rings (SSSR count). The molecule has 1 amide bonds. The lowest BCUT2D eigenvalue weighted by molar-refractivity contribution is 0.0112. The third-order valence-corrected chi connectivity index (χ3v) is 7.02. The van der Waals surface area contributed by atoms with E-state index < -0.39 is 5.60 Å². The van der Waals surface area contributed by atoms with Gasteiger partial charge in [-0.2, -0.15) is 0 Å². The van der Waals surface area contributed by atoms with E-state index in [2.05, 4.69) is 73.3 Å². The number of amides is 1. The number of carbonyl (C=O) groups is 1. The zero-order valence-corrected chi connectivity index (χ0v) is 19.0. The average molecular weight is 406 g/mol. The number of rotatable bonds is 3. The Hall–Kier alpha value is -2.29. The molecule has 0 aromatic heterocycles. The fraction of sp³-hybridized carbons (Fsp3) is 0.519. The van der Waals surface area contributed by atoms with Crippen molar-refractivity contribution in [1.29, 1.82) is 0 Å². The van der Waals surface area contributed by atoms with Crippen LogP contribution in [0.5, 0.6) is 0 Å². The first-order chi connectivity index (χ1) is 14.2. The lowest BCUT2D eigenvalue weighted by Crippen LogP contribution is -2.46. The summed E-state index contributed by atoms with van der Waals surface area (Å²) in [5, 5.41) is 0. The van der Waals surface area contributed by atoms with Crippen LogP contribution < -0.4 is 0 Å². The SMILES string of the molecule is Cc1ccc([C@]2(C)CN(C(=O)OC(C)(C)C)C(C3CCC3)[C@@H]2c2ccccc2)cc1. The van der Waals surface area contributed by atoms with Crippen molar-refractivity contribution in [3.8, 4) is 0 Å². The van der Waals surface area contributed by atoms with Crippen molar-refractivity contribution in [2.24, 2.45) is 5.92 Å². The van der Waals surface area contributed by atoms with Crippen molar-refractivity contribution in [2.75, 3.05) is 6.54 Å². The smallest absolute Gasteiger partial charge is 0.410 e. The fourth-order valence-electron chi connectivity index (χ4n) is 5.36. The fourth-order valence-corrected chi connectivity index (χ4v) is 5.36. The summed E-state index contributed by atoms with van der Waals surface area (Å²) in [6, 6.07) is 19.9. The number of nitrogens with zero attached hydrogens (tertiary/aromatic N) is 1. The van der Waals surface area contributed by atoms with Crippen LogP contribution in [0.25, 0.3) is 0 Å². The minimum atomic E-state index is -0.494. The van der Waals surface area contributed by atoms with Gasteiger partial charge in [0.05, 0.1) is 0 Å². The van der Waals surface area contributed by atoms with Crippen molar-refractivity contribution < 1.29 is 9.53 Å². The molecular formula is C27H35NO2. The van der Waals surface area contributed by atoms with Crippen LogP contribution in [0.3, 0.4) is 0 Å². The Morgan fingerprint density at radius 2 is 1.67 bits per heavy atom. The number of benzene rings is 2. The van der Waals surface area contributed by atoms with Gasteiger partial charge in [0, 0.05) is 23.9 Å². The van der Waals surface area contributed by atoms with E-state index >= 15 is 0 Å². The standard InChI is InChI=1S/C27H35NO2/c1-19-14-16-22(17-15-19)27(5)18-28(25(29)30-26(2,3)4)24(21-12-9-13-21)23(27)20-10-7-6-8-11-20/h6-8,10-11,14-17,21,23-24H,9,12-13,18H2,1-5H3/t23-,24?,27-/m0/s1. The Balaban J connectivity index is 1.81. The summed E-state index contributed by atoms with van der Waals surface area (Å²) in [6.07, 6.45) is 3.47. The Morgan fingerprint density at radius 1 is 1.03 bits per heavy atom. The van der Waals surface area contributed by atoms with Gasteiger partial charge in [0.1, 0.15) is 5.60 Å². The first-order valence-electron chi connectivity index (χ1n) is 11.3. The van der Waals surface area contributed by atoms with Gasteiger partial charge in [0.2, 0.25) is 0 Å². The molecule has 1 saturated carbocycles. The molecule has 1 saturated heterocycles. The molecule has 0 N–H and O–H groups in total. The third kappa shape index (κ3) is 3.87. The second kappa shape index (κ2) is 7.76.